The first-order chi connectivity index (χ1) is 20.0. The van der Waals surface area contributed by atoms with Gasteiger partial charge in [-0.2, -0.15) is 9.78 Å². The molecule has 6 aromatic heterocycles. The molecule has 0 saturated carbocycles. The van der Waals surface area contributed by atoms with Crippen LogP contribution in [0, 0.1) is 0 Å². The third-order valence-corrected chi connectivity index (χ3v) is 7.27. The van der Waals surface area contributed by atoms with Crippen molar-refractivity contribution in [3.8, 4) is 22.6 Å². The van der Waals surface area contributed by atoms with Crippen molar-refractivity contribution in [3.05, 3.63) is 110 Å². The summed E-state index contributed by atoms with van der Waals surface area (Å²) >= 11 is 7.45. The van der Waals surface area contributed by atoms with Crippen molar-refractivity contribution in [2.45, 2.75) is 13.1 Å². The fourth-order valence-electron chi connectivity index (χ4n) is 4.10. The Balaban J connectivity index is 1.43. The predicted molar refractivity (Wildman–Crippen MR) is 149 cm³/mol. The van der Waals surface area contributed by atoms with Crippen LogP contribution in [0.15, 0.2) is 93.2 Å². The highest BCUT2D eigenvalue weighted by atomic mass is 35.5. The van der Waals surface area contributed by atoms with E-state index in [2.05, 4.69) is 25.7 Å². The Morgan fingerprint density at radius 2 is 1.76 bits per heavy atom. The number of thiophene rings is 1. The van der Waals surface area contributed by atoms with Crippen LogP contribution in [0.3, 0.4) is 0 Å². The molecule has 0 saturated heterocycles. The number of hydrogen-bond donors (Lipinski definition) is 1. The summed E-state index contributed by atoms with van der Waals surface area (Å²) in [6, 6.07) is 16.6. The van der Waals surface area contributed by atoms with E-state index in [0.29, 0.717) is 28.1 Å². The number of aromatic nitrogens is 6. The summed E-state index contributed by atoms with van der Waals surface area (Å²) in [5.74, 6) is -0.682. The first-order valence-corrected chi connectivity index (χ1v) is 13.3. The van der Waals surface area contributed by atoms with E-state index < -0.39 is 17.2 Å². The maximum atomic E-state index is 13.9. The second-order valence-electron chi connectivity index (χ2n) is 8.62. The van der Waals surface area contributed by atoms with Gasteiger partial charge in [-0.15, -0.1) is 11.3 Å². The van der Waals surface area contributed by atoms with Gasteiger partial charge in [-0.25, -0.2) is 0 Å². The molecule has 12 nitrogen and oxygen atoms in total. The van der Waals surface area contributed by atoms with Crippen LogP contribution in [0.1, 0.15) is 25.9 Å². The van der Waals surface area contributed by atoms with Gasteiger partial charge < -0.3 is 14.4 Å². The third-order valence-electron chi connectivity index (χ3n) is 6.03. The lowest BCUT2D eigenvalue weighted by Gasteiger charge is -2.13. The number of ketones is 1. The minimum Gasteiger partial charge on any atom is -0.365 e. The Morgan fingerprint density at radius 1 is 0.951 bits per heavy atom. The molecule has 0 aromatic carbocycles. The van der Waals surface area contributed by atoms with E-state index in [1.807, 2.05) is 6.07 Å². The van der Waals surface area contributed by atoms with Gasteiger partial charge in [0.15, 0.2) is 11.4 Å². The Bertz CT molecular complexity index is 1890. The number of carbonyl (C=O) groups is 2. The van der Waals surface area contributed by atoms with Crippen molar-refractivity contribution in [2.75, 3.05) is 5.32 Å². The average molecular weight is 588 g/mol. The minimum absolute atomic E-state index is 0.0305. The van der Waals surface area contributed by atoms with E-state index in [9.17, 15) is 14.4 Å². The van der Waals surface area contributed by atoms with Gasteiger partial charge in [0.1, 0.15) is 24.0 Å². The van der Waals surface area contributed by atoms with Crippen molar-refractivity contribution in [2.24, 2.45) is 0 Å². The number of halogens is 1. The molecule has 0 fully saturated rings. The van der Waals surface area contributed by atoms with Crippen molar-refractivity contribution in [3.63, 3.8) is 0 Å². The number of rotatable bonds is 9. The van der Waals surface area contributed by atoms with Gasteiger partial charge in [-0.1, -0.05) is 28.0 Å². The van der Waals surface area contributed by atoms with Crippen LogP contribution >= 0.6 is 22.9 Å². The fourth-order valence-corrected chi connectivity index (χ4v) is 5.13. The Hall–Kier alpha value is -5.14. The van der Waals surface area contributed by atoms with Gasteiger partial charge in [0.2, 0.25) is 5.78 Å². The molecule has 41 heavy (non-hydrogen) atoms. The zero-order chi connectivity index (χ0) is 28.3. The van der Waals surface area contributed by atoms with Crippen molar-refractivity contribution in [1.29, 1.82) is 0 Å². The summed E-state index contributed by atoms with van der Waals surface area (Å²) in [6.45, 7) is 0.0254. The lowest BCUT2D eigenvalue weighted by molar-refractivity contribution is 0.0936. The van der Waals surface area contributed by atoms with Crippen LogP contribution in [0.5, 0.6) is 0 Å². The largest absolute Gasteiger partial charge is 0.365 e. The highest BCUT2D eigenvalue weighted by Gasteiger charge is 2.23. The van der Waals surface area contributed by atoms with Crippen molar-refractivity contribution < 1.29 is 18.6 Å². The fraction of sp³-hybridized carbons (Fsp3) is 0.0741. The van der Waals surface area contributed by atoms with E-state index in [1.165, 1.54) is 40.6 Å². The summed E-state index contributed by atoms with van der Waals surface area (Å²) in [5.41, 5.74) is 0.871. The molecule has 0 bridgehead atoms. The lowest BCUT2D eigenvalue weighted by atomic mass is 10.1. The topological polar surface area (TPSA) is 151 Å². The molecule has 0 aliphatic rings. The quantitative estimate of drug-likeness (QED) is 0.237. The minimum atomic E-state index is -0.566. The molecule has 6 aromatic rings. The van der Waals surface area contributed by atoms with Crippen LogP contribution < -0.4 is 10.9 Å². The number of carbonyl (C=O) groups excluding carboxylic acids is 2. The molecule has 0 atom stereocenters. The Morgan fingerprint density at radius 3 is 2.44 bits per heavy atom. The Kier molecular flexibility index (Phi) is 7.10. The monoisotopic (exact) mass is 587 g/mol. The summed E-state index contributed by atoms with van der Waals surface area (Å²) in [5, 5.41) is 15.0. The van der Waals surface area contributed by atoms with Crippen LogP contribution in [-0.2, 0) is 13.1 Å². The van der Waals surface area contributed by atoms with Gasteiger partial charge in [-0.3, -0.25) is 23.9 Å². The molecular weight excluding hydrogens is 570 g/mol. The molecule has 0 amide bonds. The molecular formula is C27H18ClN7O5S. The zero-order valence-electron chi connectivity index (χ0n) is 20.9. The van der Waals surface area contributed by atoms with Gasteiger partial charge in [0.05, 0.1) is 34.4 Å². The molecule has 6 heterocycles. The molecule has 14 heteroatoms. The number of anilines is 1. The average Bonchev–Trinajstić information content (AvgIpc) is 3.81. The molecule has 0 spiro atoms. The lowest BCUT2D eigenvalue weighted by Crippen LogP contribution is -2.27. The summed E-state index contributed by atoms with van der Waals surface area (Å²) < 4.78 is 12.7. The molecule has 0 unspecified atom stereocenters. The number of pyridine rings is 2. The molecule has 0 aliphatic heterocycles. The van der Waals surface area contributed by atoms with E-state index in [0.717, 1.165) is 9.56 Å². The zero-order valence-corrected chi connectivity index (χ0v) is 22.5. The third kappa shape index (κ3) is 5.35. The smallest absolute Gasteiger partial charge is 0.302 e. The second kappa shape index (κ2) is 11.2. The first kappa shape index (κ1) is 26.1. The molecule has 0 aliphatic carbocycles. The van der Waals surface area contributed by atoms with Crippen molar-refractivity contribution >= 4 is 40.4 Å². The maximum absolute atomic E-state index is 13.9. The second-order valence-corrected chi connectivity index (χ2v) is 10.4. The standard InChI is InChI=1S/C27H18ClN7O5S/c28-24-7-4-16(41-24)14-30-25-13-21(31-35(25)27(38)20-9-12-40-33-20)17-5-6-22(18-3-1-2-10-29-18)34(26(17)37)15-23(36)19-8-11-39-32-19/h1-13,30H,14-15H2. The number of hydrogen-bond acceptors (Lipinski definition) is 11. The first-order valence-electron chi connectivity index (χ1n) is 12.1. The van der Waals surface area contributed by atoms with Crippen LogP contribution in [-0.4, -0.2) is 41.3 Å². The number of nitrogens with one attached hydrogen (secondary N) is 1. The number of nitrogens with zero attached hydrogens (tertiary/aromatic N) is 6. The van der Waals surface area contributed by atoms with Gasteiger partial charge in [0.25, 0.3) is 5.56 Å². The van der Waals surface area contributed by atoms with E-state index in [4.69, 9.17) is 20.6 Å². The van der Waals surface area contributed by atoms with Gasteiger partial charge in [0, 0.05) is 29.3 Å². The van der Waals surface area contributed by atoms with E-state index >= 15 is 0 Å². The summed E-state index contributed by atoms with van der Waals surface area (Å²) in [6.07, 6.45) is 4.15. The Labute approximate surface area is 239 Å². The molecule has 204 valence electrons. The van der Waals surface area contributed by atoms with Crippen LogP contribution in [0.4, 0.5) is 5.82 Å². The maximum Gasteiger partial charge on any atom is 0.302 e. The predicted octanol–water partition coefficient (Wildman–Crippen LogP) is 4.65. The molecule has 0 radical (unpaired) electrons. The number of Topliss-reactive ketones (excluding diaryl/α,β-unsaturated/α-hetero) is 1. The molecule has 6 rings (SSSR count). The van der Waals surface area contributed by atoms with Gasteiger partial charge in [-0.05, 0) is 36.4 Å². The van der Waals surface area contributed by atoms with Crippen LogP contribution in [0.25, 0.3) is 22.6 Å². The van der Waals surface area contributed by atoms with E-state index in [-0.39, 0.29) is 29.2 Å². The molecule has 1 N–H and O–H groups in total. The van der Waals surface area contributed by atoms with E-state index in [1.54, 1.807) is 48.7 Å². The highest BCUT2D eigenvalue weighted by molar-refractivity contribution is 7.16. The normalized spacial score (nSPS) is 11.0. The van der Waals surface area contributed by atoms with Crippen LogP contribution in [0.2, 0.25) is 4.34 Å². The van der Waals surface area contributed by atoms with Gasteiger partial charge >= 0.3 is 5.91 Å². The highest BCUT2D eigenvalue weighted by Crippen LogP contribution is 2.26. The summed E-state index contributed by atoms with van der Waals surface area (Å²) in [4.78, 5) is 45.4. The SMILES string of the molecule is O=C(Cn1c(-c2ccccn2)ccc(-c2cc(NCc3ccc(Cl)s3)n(C(=O)c3ccon3)n2)c1=O)c1ccon1. The van der Waals surface area contributed by atoms with Crippen molar-refractivity contribution in [1.82, 2.24) is 29.6 Å². The summed E-state index contributed by atoms with van der Waals surface area (Å²) in [7, 11) is 0.